The number of anilines is 2. The summed E-state index contributed by atoms with van der Waals surface area (Å²) < 4.78 is 2.80. The van der Waals surface area contributed by atoms with Crippen LogP contribution in [0.15, 0.2) is 18.2 Å². The quantitative estimate of drug-likeness (QED) is 0.216. The number of carbonyl (C=O) groups excluding carboxylic acids is 1. The Labute approximate surface area is 88.8 Å². The van der Waals surface area contributed by atoms with Gasteiger partial charge in [-0.15, -0.1) is 0 Å². The van der Waals surface area contributed by atoms with Gasteiger partial charge in [0.25, 0.3) is 5.91 Å². The van der Waals surface area contributed by atoms with E-state index in [-0.39, 0.29) is 0 Å². The van der Waals surface area contributed by atoms with Crippen molar-refractivity contribution in [1.29, 1.82) is 0 Å². The van der Waals surface area contributed by atoms with Crippen LogP contribution in [0, 0.1) is 0 Å². The van der Waals surface area contributed by atoms with Crippen molar-refractivity contribution in [3.63, 3.8) is 0 Å². The van der Waals surface area contributed by atoms with E-state index >= 15 is 0 Å². The summed E-state index contributed by atoms with van der Waals surface area (Å²) in [6.07, 6.45) is 0. The minimum absolute atomic E-state index is 0.343. The summed E-state index contributed by atoms with van der Waals surface area (Å²) in [7, 11) is 0. The van der Waals surface area contributed by atoms with E-state index in [0.717, 1.165) is 0 Å². The molecule has 1 aromatic rings. The van der Waals surface area contributed by atoms with E-state index in [1.165, 1.54) is 6.07 Å². The lowest BCUT2D eigenvalue weighted by molar-refractivity contribution is 0.0706. The zero-order chi connectivity index (χ0) is 9.84. The fraction of sp³-hybridized carbons (Fsp3) is 0. The Kier molecular flexibility index (Phi) is 3.32. The van der Waals surface area contributed by atoms with Gasteiger partial charge in [0, 0.05) is 5.56 Å². The summed E-state index contributed by atoms with van der Waals surface area (Å²) in [5.41, 5.74) is 8.65. The minimum atomic E-state index is -0.562. The summed E-state index contributed by atoms with van der Waals surface area (Å²) in [5.74, 6) is -0.562. The number of rotatable bonds is 2. The van der Waals surface area contributed by atoms with Crippen LogP contribution in [0.4, 0.5) is 11.4 Å². The first-order chi connectivity index (χ1) is 6.19. The van der Waals surface area contributed by atoms with Crippen molar-refractivity contribution >= 4 is 40.1 Å². The normalized spacial score (nSPS) is 9.38. The second kappa shape index (κ2) is 4.28. The summed E-state index contributed by atoms with van der Waals surface area (Å²) in [5, 5.41) is 8.37. The first kappa shape index (κ1) is 10.1. The molecule has 0 heterocycles. The molecule has 0 spiro atoms. The number of halogens is 1. The highest BCUT2D eigenvalue weighted by Crippen LogP contribution is 2.21. The Morgan fingerprint density at radius 3 is 2.77 bits per heavy atom. The first-order valence-electron chi connectivity index (χ1n) is 3.39. The van der Waals surface area contributed by atoms with Gasteiger partial charge in [-0.2, -0.15) is 0 Å². The number of hydrogen-bond acceptors (Lipinski definition) is 4. The molecule has 0 radical (unpaired) electrons. The average molecular weight is 293 g/mol. The number of benzene rings is 1. The van der Waals surface area contributed by atoms with Crippen LogP contribution in [-0.2, 0) is 0 Å². The Morgan fingerprint density at radius 2 is 2.23 bits per heavy atom. The van der Waals surface area contributed by atoms with Gasteiger partial charge in [-0.1, -0.05) is 0 Å². The van der Waals surface area contributed by atoms with Crippen molar-refractivity contribution in [3.8, 4) is 0 Å². The van der Waals surface area contributed by atoms with Crippen LogP contribution in [0.1, 0.15) is 10.4 Å². The Balaban J connectivity index is 3.06. The number of amides is 1. The van der Waals surface area contributed by atoms with Crippen molar-refractivity contribution in [2.75, 3.05) is 9.26 Å². The molecular weight excluding hydrogens is 285 g/mol. The molecule has 5 nitrogen and oxygen atoms in total. The lowest BCUT2D eigenvalue weighted by atomic mass is 10.1. The lowest BCUT2D eigenvalue weighted by Crippen LogP contribution is -2.18. The van der Waals surface area contributed by atoms with Gasteiger partial charge >= 0.3 is 0 Å². The molecule has 5 N–H and O–H groups in total. The highest BCUT2D eigenvalue weighted by atomic mass is 127. The molecule has 1 aromatic carbocycles. The van der Waals surface area contributed by atoms with Crippen molar-refractivity contribution in [1.82, 2.24) is 5.48 Å². The molecule has 1 amide bonds. The highest BCUT2D eigenvalue weighted by molar-refractivity contribution is 14.1. The van der Waals surface area contributed by atoms with Crippen molar-refractivity contribution in [3.05, 3.63) is 23.8 Å². The van der Waals surface area contributed by atoms with E-state index in [2.05, 4.69) is 3.53 Å². The molecule has 0 saturated carbocycles. The maximum Gasteiger partial charge on any atom is 0.274 e. The monoisotopic (exact) mass is 293 g/mol. The number of nitrogens with one attached hydrogen (secondary N) is 2. The third-order valence-electron chi connectivity index (χ3n) is 1.52. The first-order valence-corrected chi connectivity index (χ1v) is 4.47. The third kappa shape index (κ3) is 2.22. The number of nitrogens with two attached hydrogens (primary N) is 1. The SMILES string of the molecule is Nc1ccc(C(=O)NO)cc1NI. The van der Waals surface area contributed by atoms with E-state index in [0.29, 0.717) is 16.9 Å². The predicted molar refractivity (Wildman–Crippen MR) is 57.7 cm³/mol. The lowest BCUT2D eigenvalue weighted by Gasteiger charge is -2.05. The number of hydroxylamine groups is 1. The Hall–Kier alpha value is -1.02. The van der Waals surface area contributed by atoms with Crippen molar-refractivity contribution < 1.29 is 10.0 Å². The minimum Gasteiger partial charge on any atom is -0.397 e. The molecule has 0 atom stereocenters. The van der Waals surface area contributed by atoms with Crippen LogP contribution >= 0.6 is 22.9 Å². The second-order valence-electron chi connectivity index (χ2n) is 2.34. The van der Waals surface area contributed by atoms with Crippen LogP contribution in [0.3, 0.4) is 0 Å². The van der Waals surface area contributed by atoms with E-state index < -0.39 is 5.91 Å². The van der Waals surface area contributed by atoms with Crippen LogP contribution in [-0.4, -0.2) is 11.1 Å². The molecule has 0 bridgehead atoms. The standard InChI is InChI=1S/C7H8IN3O2/c8-10-6-3-4(7(12)11-13)1-2-5(6)9/h1-3,10,13H,9H2,(H,11,12). The van der Waals surface area contributed by atoms with Gasteiger partial charge in [0.1, 0.15) is 0 Å². The van der Waals surface area contributed by atoms with Crippen LogP contribution in [0.5, 0.6) is 0 Å². The molecule has 70 valence electrons. The smallest absolute Gasteiger partial charge is 0.274 e. The van der Waals surface area contributed by atoms with Crippen molar-refractivity contribution in [2.24, 2.45) is 0 Å². The topological polar surface area (TPSA) is 87.4 Å². The summed E-state index contributed by atoms with van der Waals surface area (Å²) in [4.78, 5) is 11.0. The maximum atomic E-state index is 11.0. The molecule has 0 saturated heterocycles. The summed E-state index contributed by atoms with van der Waals surface area (Å²) in [6, 6.07) is 4.66. The largest absolute Gasteiger partial charge is 0.397 e. The van der Waals surface area contributed by atoms with Gasteiger partial charge in [-0.25, -0.2) is 5.48 Å². The molecule has 0 aliphatic rings. The molecule has 0 aromatic heterocycles. The molecule has 1 rings (SSSR count). The van der Waals surface area contributed by atoms with Crippen LogP contribution in [0.2, 0.25) is 0 Å². The Bertz CT molecular complexity index is 330. The van der Waals surface area contributed by atoms with E-state index in [1.54, 1.807) is 17.6 Å². The van der Waals surface area contributed by atoms with Gasteiger partial charge in [0.05, 0.1) is 34.2 Å². The fourth-order valence-corrected chi connectivity index (χ4v) is 1.31. The zero-order valence-corrected chi connectivity index (χ0v) is 8.70. The number of nitrogen functional groups attached to an aromatic ring is 1. The molecule has 0 fully saturated rings. The number of carbonyl (C=O) groups is 1. The second-order valence-corrected chi connectivity index (χ2v) is 2.88. The predicted octanol–water partition coefficient (Wildman–Crippen LogP) is 1.15. The van der Waals surface area contributed by atoms with Crippen LogP contribution < -0.4 is 14.7 Å². The number of hydrogen-bond donors (Lipinski definition) is 4. The van der Waals surface area contributed by atoms with E-state index in [1.807, 2.05) is 22.9 Å². The molecular formula is C7H8IN3O2. The molecule has 0 aliphatic carbocycles. The van der Waals surface area contributed by atoms with Gasteiger partial charge in [-0.3, -0.25) is 10.0 Å². The average Bonchev–Trinajstić information content (AvgIpc) is 2.17. The maximum absolute atomic E-state index is 11.0. The van der Waals surface area contributed by atoms with Crippen molar-refractivity contribution in [2.45, 2.75) is 0 Å². The third-order valence-corrected chi connectivity index (χ3v) is 2.10. The summed E-state index contributed by atoms with van der Waals surface area (Å²) >= 11 is 1.91. The summed E-state index contributed by atoms with van der Waals surface area (Å²) in [6.45, 7) is 0. The van der Waals surface area contributed by atoms with Gasteiger partial charge < -0.3 is 9.26 Å². The fourth-order valence-electron chi connectivity index (χ4n) is 0.844. The highest BCUT2D eigenvalue weighted by Gasteiger charge is 2.06. The van der Waals surface area contributed by atoms with Gasteiger partial charge in [0.15, 0.2) is 0 Å². The molecule has 6 heteroatoms. The Morgan fingerprint density at radius 1 is 1.54 bits per heavy atom. The zero-order valence-electron chi connectivity index (χ0n) is 6.54. The van der Waals surface area contributed by atoms with Gasteiger partial charge in [0.2, 0.25) is 0 Å². The van der Waals surface area contributed by atoms with Crippen LogP contribution in [0.25, 0.3) is 0 Å². The van der Waals surface area contributed by atoms with E-state index in [9.17, 15) is 4.79 Å². The van der Waals surface area contributed by atoms with E-state index in [4.69, 9.17) is 10.9 Å². The molecule has 13 heavy (non-hydrogen) atoms. The van der Waals surface area contributed by atoms with Gasteiger partial charge in [-0.05, 0) is 18.2 Å². The molecule has 0 aliphatic heterocycles. The molecule has 0 unspecified atom stereocenters.